The minimum absolute atomic E-state index is 0.0376. The molecule has 2 heterocycles. The second kappa shape index (κ2) is 7.30. The van der Waals surface area contributed by atoms with Crippen LogP contribution in [0.15, 0.2) is 77.3 Å². The van der Waals surface area contributed by atoms with Crippen molar-refractivity contribution in [1.29, 1.82) is 0 Å². The van der Waals surface area contributed by atoms with E-state index in [9.17, 15) is 2.74 Å². The van der Waals surface area contributed by atoms with E-state index in [2.05, 4.69) is 0 Å². The van der Waals surface area contributed by atoms with E-state index in [4.69, 9.17) is 20.9 Å². The lowest BCUT2D eigenvalue weighted by Gasteiger charge is -2.40. The Kier molecular flexibility index (Phi) is 2.34. The van der Waals surface area contributed by atoms with E-state index in [1.165, 1.54) is 30.3 Å². The third-order valence-electron chi connectivity index (χ3n) is 7.08. The second-order valence-electron chi connectivity index (χ2n) is 8.84. The Labute approximate surface area is 221 Å². The summed E-state index contributed by atoms with van der Waals surface area (Å²) >= 11 is 0. The monoisotopic (exact) mass is 460 g/mol. The van der Waals surface area contributed by atoms with Gasteiger partial charge in [-0.15, -0.1) is 0 Å². The Bertz CT molecular complexity index is 2030. The first-order valence-corrected chi connectivity index (χ1v) is 11.0. The van der Waals surface area contributed by atoms with Crippen molar-refractivity contribution < 1.29 is 28.2 Å². The number of nitrogens with zero attached hydrogens (tertiary/aromatic N) is 1. The van der Waals surface area contributed by atoms with Gasteiger partial charge in [0.05, 0.1) is 5.56 Å². The molecule has 3 aromatic carbocycles. The Morgan fingerprint density at radius 1 is 0.794 bits per heavy atom. The molecule has 34 heavy (non-hydrogen) atoms. The first kappa shape index (κ1) is 10.9. The van der Waals surface area contributed by atoms with Gasteiger partial charge in [0.15, 0.2) is 6.20 Å². The summed E-state index contributed by atoms with van der Waals surface area (Å²) in [5.74, 6) is -7.73. The van der Waals surface area contributed by atoms with Crippen molar-refractivity contribution in [3.05, 3.63) is 89.6 Å². The van der Waals surface area contributed by atoms with Gasteiger partial charge < -0.3 is 4.42 Å². The van der Waals surface area contributed by atoms with Crippen LogP contribution in [0.5, 0.6) is 0 Å². The van der Waals surface area contributed by atoms with Crippen LogP contribution in [0.1, 0.15) is 63.3 Å². The van der Waals surface area contributed by atoms with E-state index >= 15 is 0 Å². The third kappa shape index (κ3) is 2.54. The highest BCUT2D eigenvalue weighted by Crippen LogP contribution is 2.58. The highest BCUT2D eigenvalue weighted by Gasteiger charge is 2.48. The molecule has 0 saturated carbocycles. The fraction of sp³-hybridized carbons (Fsp3) is 0.281. The van der Waals surface area contributed by atoms with Gasteiger partial charge in [0.25, 0.3) is 0 Å². The number of benzene rings is 3. The average molecular weight is 461 g/mol. The van der Waals surface area contributed by atoms with Gasteiger partial charge in [0, 0.05) is 53.1 Å². The number of fused-ring (bicyclic) bond motifs is 7. The summed E-state index contributed by atoms with van der Waals surface area (Å²) in [6.07, 6.45) is 1.87. The van der Waals surface area contributed by atoms with Crippen LogP contribution in [0.3, 0.4) is 0 Å². The first-order chi connectivity index (χ1) is 22.0. The first-order valence-electron chi connectivity index (χ1n) is 18.0. The molecule has 0 radical (unpaired) electrons. The average Bonchev–Trinajstić information content (AvgIpc) is 3.48. The minimum Gasteiger partial charge on any atom is -0.454 e. The molecular formula is C32H32NO+. The molecule has 0 atom stereocenters. The topological polar surface area (TPSA) is 17.0 Å². The van der Waals surface area contributed by atoms with Gasteiger partial charge in [0.2, 0.25) is 5.69 Å². The lowest BCUT2D eigenvalue weighted by Crippen LogP contribution is -2.37. The lowest BCUT2D eigenvalue weighted by atomic mass is 9.63. The molecule has 5 aromatic rings. The van der Waals surface area contributed by atoms with Crippen molar-refractivity contribution in [1.82, 2.24) is 0 Å². The summed E-state index contributed by atoms with van der Waals surface area (Å²) in [5, 5.41) is 1.14. The molecule has 0 aliphatic heterocycles. The molecule has 170 valence electrons. The quantitative estimate of drug-likeness (QED) is 0.250. The molecule has 2 aromatic heterocycles. The summed E-state index contributed by atoms with van der Waals surface area (Å²) in [6, 6.07) is 17.8. The molecule has 0 spiro atoms. The van der Waals surface area contributed by atoms with Crippen LogP contribution >= 0.6 is 0 Å². The number of hydrogen-bond acceptors (Lipinski definition) is 1. The van der Waals surface area contributed by atoms with E-state index in [1.54, 1.807) is 6.07 Å². The van der Waals surface area contributed by atoms with E-state index in [0.29, 0.717) is 16.4 Å². The summed E-state index contributed by atoms with van der Waals surface area (Å²) in [6.45, 7) is -13.4. The van der Waals surface area contributed by atoms with E-state index in [-0.39, 0.29) is 22.3 Å². The molecule has 2 heteroatoms. The standard InChI is InChI=1S/C32H32NO/c1-19(2)32(20(3)4)25-12-8-7-11-24(25)29-26(32)17-16-23-22-15-14-21(5)28(30(22)34-31(23)29)27-13-9-10-18-33(27)6/h7-20H,1-6H3/q+1/i1D3,2D3,3D3,4D3,19D,20D. The maximum absolute atomic E-state index is 9.58. The largest absolute Gasteiger partial charge is 0.454 e. The number of aromatic nitrogens is 1. The molecule has 0 bridgehead atoms. The van der Waals surface area contributed by atoms with Gasteiger partial charge in [-0.2, -0.15) is 0 Å². The van der Waals surface area contributed by atoms with Gasteiger partial charge in [-0.05, 0) is 47.0 Å². The third-order valence-corrected chi connectivity index (χ3v) is 7.08. The van der Waals surface area contributed by atoms with Crippen LogP contribution in [0.2, 0.25) is 0 Å². The van der Waals surface area contributed by atoms with Gasteiger partial charge in [0.1, 0.15) is 18.2 Å². The van der Waals surface area contributed by atoms with E-state index in [0.717, 1.165) is 16.8 Å². The molecule has 0 unspecified atom stereocenters. The maximum Gasteiger partial charge on any atom is 0.216 e. The minimum atomic E-state index is -3.86. The fourth-order valence-corrected chi connectivity index (χ4v) is 5.52. The second-order valence-corrected chi connectivity index (χ2v) is 8.84. The number of pyridine rings is 1. The summed E-state index contributed by atoms with van der Waals surface area (Å²) < 4.78 is 130. The Balaban J connectivity index is 1.91. The summed E-state index contributed by atoms with van der Waals surface area (Å²) in [7, 11) is 1.87. The SMILES string of the molecule is [2H]C([2H])([2H])C([2H])(C([2H])([2H])[2H])C1(C([2H])(C([2H])([2H])[2H])C([2H])([2H])[2H])c2ccccc2-c2c1ccc1c2oc2c(-c3cccc[n+]3C)c(C)ccc21. The zero-order chi connectivity index (χ0) is 35.6. The number of rotatable bonds is 3. The Morgan fingerprint density at radius 2 is 1.47 bits per heavy atom. The van der Waals surface area contributed by atoms with Crippen molar-refractivity contribution in [3.8, 4) is 22.4 Å². The normalized spacial score (nSPS) is 22.5. The summed E-state index contributed by atoms with van der Waals surface area (Å²) in [5.41, 5.74) is -1.01. The Morgan fingerprint density at radius 3 is 2.21 bits per heavy atom. The molecule has 0 saturated heterocycles. The van der Waals surface area contributed by atoms with Crippen LogP contribution in [0.25, 0.3) is 44.3 Å². The molecule has 1 aliphatic rings. The predicted molar refractivity (Wildman–Crippen MR) is 141 cm³/mol. The van der Waals surface area contributed by atoms with Crippen LogP contribution < -0.4 is 4.57 Å². The van der Waals surface area contributed by atoms with Gasteiger partial charge in [-0.25, -0.2) is 4.57 Å². The number of aryl methyl sites for hydroxylation is 2. The molecule has 0 amide bonds. The van der Waals surface area contributed by atoms with Gasteiger partial charge >= 0.3 is 0 Å². The molecule has 0 N–H and O–H groups in total. The van der Waals surface area contributed by atoms with E-state index in [1.807, 2.05) is 55.1 Å². The molecule has 1 aliphatic carbocycles. The van der Waals surface area contributed by atoms with Crippen molar-refractivity contribution >= 4 is 21.9 Å². The number of hydrogen-bond donors (Lipinski definition) is 0. The summed E-state index contributed by atoms with van der Waals surface area (Å²) in [4.78, 5) is 0. The zero-order valence-electron chi connectivity index (χ0n) is 32.8. The van der Waals surface area contributed by atoms with Crippen LogP contribution in [0.4, 0.5) is 0 Å². The van der Waals surface area contributed by atoms with E-state index < -0.39 is 50.2 Å². The highest BCUT2D eigenvalue weighted by molar-refractivity contribution is 6.14. The van der Waals surface area contributed by atoms with Gasteiger partial charge in [-0.3, -0.25) is 0 Å². The molecule has 6 rings (SSSR count). The highest BCUT2D eigenvalue weighted by atomic mass is 16.3. The Hall–Kier alpha value is -3.39. The van der Waals surface area contributed by atoms with Crippen molar-refractivity contribution in [2.24, 2.45) is 18.8 Å². The zero-order valence-corrected chi connectivity index (χ0v) is 18.8. The van der Waals surface area contributed by atoms with Crippen molar-refractivity contribution in [2.45, 2.75) is 39.7 Å². The maximum atomic E-state index is 9.58. The van der Waals surface area contributed by atoms with Crippen LogP contribution in [-0.2, 0) is 12.5 Å². The predicted octanol–water partition coefficient (Wildman–Crippen LogP) is 7.96. The van der Waals surface area contributed by atoms with Crippen LogP contribution in [0, 0.1) is 18.7 Å². The molecule has 0 fully saturated rings. The number of furan rings is 1. The molecular weight excluding hydrogens is 414 g/mol. The van der Waals surface area contributed by atoms with Crippen LogP contribution in [-0.4, -0.2) is 0 Å². The smallest absolute Gasteiger partial charge is 0.216 e. The van der Waals surface area contributed by atoms with Gasteiger partial charge in [-0.1, -0.05) is 75.9 Å². The van der Waals surface area contributed by atoms with Crippen molar-refractivity contribution in [2.75, 3.05) is 0 Å². The fourth-order valence-electron chi connectivity index (χ4n) is 5.52. The van der Waals surface area contributed by atoms with Crippen molar-refractivity contribution in [3.63, 3.8) is 0 Å². The molecule has 2 nitrogen and oxygen atoms in total. The lowest BCUT2D eigenvalue weighted by molar-refractivity contribution is -0.660.